The minimum atomic E-state index is -3.58. The van der Waals surface area contributed by atoms with Gasteiger partial charge in [0.2, 0.25) is 10.0 Å². The smallest absolute Gasteiger partial charge is 0.244 e. The van der Waals surface area contributed by atoms with Gasteiger partial charge >= 0.3 is 0 Å². The summed E-state index contributed by atoms with van der Waals surface area (Å²) in [7, 11) is -2.00. The largest absolute Gasteiger partial charge is 0.399 e. The van der Waals surface area contributed by atoms with E-state index in [1.54, 1.807) is 24.9 Å². The predicted octanol–water partition coefficient (Wildman–Crippen LogP) is 2.68. The standard InChI is InChI=1S/C12H19ClN2O2S2/c1-9(6-7-18-3)15(2)19(16,17)12-5-4-10(14)8-11(12)13/h4-5,8-9H,6-7,14H2,1-3H3. The summed E-state index contributed by atoms with van der Waals surface area (Å²) in [5.74, 6) is 0.913. The van der Waals surface area contributed by atoms with Gasteiger partial charge in [0, 0.05) is 18.8 Å². The molecule has 0 aliphatic heterocycles. The van der Waals surface area contributed by atoms with Crippen molar-refractivity contribution in [2.45, 2.75) is 24.3 Å². The number of nitrogens with two attached hydrogens (primary N) is 1. The molecule has 0 heterocycles. The molecule has 0 aliphatic carbocycles. The van der Waals surface area contributed by atoms with E-state index in [0.29, 0.717) is 5.69 Å². The highest BCUT2D eigenvalue weighted by molar-refractivity contribution is 7.98. The van der Waals surface area contributed by atoms with Crippen LogP contribution in [-0.2, 0) is 10.0 Å². The third-order valence-electron chi connectivity index (χ3n) is 2.97. The molecular weight excluding hydrogens is 304 g/mol. The number of sulfonamides is 1. The predicted molar refractivity (Wildman–Crippen MR) is 83.3 cm³/mol. The van der Waals surface area contributed by atoms with E-state index in [9.17, 15) is 8.42 Å². The summed E-state index contributed by atoms with van der Waals surface area (Å²) in [5.41, 5.74) is 6.02. The first kappa shape index (κ1) is 16.6. The molecule has 0 saturated heterocycles. The number of anilines is 1. The molecule has 1 aromatic rings. The maximum atomic E-state index is 12.5. The molecule has 4 nitrogen and oxygen atoms in total. The zero-order valence-corrected chi connectivity index (χ0v) is 13.6. The number of rotatable bonds is 6. The van der Waals surface area contributed by atoms with Crippen molar-refractivity contribution in [2.24, 2.45) is 0 Å². The highest BCUT2D eigenvalue weighted by atomic mass is 35.5. The van der Waals surface area contributed by atoms with E-state index >= 15 is 0 Å². The lowest BCUT2D eigenvalue weighted by Crippen LogP contribution is -2.35. The molecular formula is C12H19ClN2O2S2. The third-order valence-corrected chi connectivity index (χ3v) is 6.07. The lowest BCUT2D eigenvalue weighted by molar-refractivity contribution is 0.382. The van der Waals surface area contributed by atoms with E-state index in [2.05, 4.69) is 0 Å². The molecule has 108 valence electrons. The minimum absolute atomic E-state index is 0.0777. The third kappa shape index (κ3) is 4.02. The topological polar surface area (TPSA) is 63.4 Å². The fourth-order valence-corrected chi connectivity index (χ4v) is 4.08. The van der Waals surface area contributed by atoms with Crippen LogP contribution in [0.25, 0.3) is 0 Å². The highest BCUT2D eigenvalue weighted by Gasteiger charge is 2.27. The van der Waals surface area contributed by atoms with Crippen LogP contribution in [0.15, 0.2) is 23.1 Å². The second-order valence-electron chi connectivity index (χ2n) is 4.34. The highest BCUT2D eigenvalue weighted by Crippen LogP contribution is 2.27. The second-order valence-corrected chi connectivity index (χ2v) is 7.70. The Balaban J connectivity index is 3.02. The van der Waals surface area contributed by atoms with Crippen molar-refractivity contribution in [1.82, 2.24) is 4.31 Å². The number of halogens is 1. The quantitative estimate of drug-likeness (QED) is 0.818. The van der Waals surface area contributed by atoms with Crippen molar-refractivity contribution in [3.05, 3.63) is 23.2 Å². The zero-order valence-electron chi connectivity index (χ0n) is 11.3. The number of nitrogen functional groups attached to an aromatic ring is 1. The van der Waals surface area contributed by atoms with Crippen LogP contribution in [0.3, 0.4) is 0 Å². The van der Waals surface area contributed by atoms with Gasteiger partial charge in [-0.1, -0.05) is 11.6 Å². The van der Waals surface area contributed by atoms with Gasteiger partial charge in [0.1, 0.15) is 4.90 Å². The van der Waals surface area contributed by atoms with Crippen molar-refractivity contribution in [3.8, 4) is 0 Å². The first-order valence-corrected chi connectivity index (χ1v) is 9.04. The van der Waals surface area contributed by atoms with Gasteiger partial charge in [-0.25, -0.2) is 8.42 Å². The lowest BCUT2D eigenvalue weighted by atomic mass is 10.3. The van der Waals surface area contributed by atoms with E-state index in [4.69, 9.17) is 17.3 Å². The van der Waals surface area contributed by atoms with Crippen molar-refractivity contribution in [1.29, 1.82) is 0 Å². The Kier molecular flexibility index (Phi) is 5.98. The summed E-state index contributed by atoms with van der Waals surface area (Å²) >= 11 is 7.67. The first-order valence-electron chi connectivity index (χ1n) is 5.82. The molecule has 0 bridgehead atoms. The average molecular weight is 323 g/mol. The fraction of sp³-hybridized carbons (Fsp3) is 0.500. The van der Waals surface area contributed by atoms with Crippen LogP contribution in [0.4, 0.5) is 5.69 Å². The maximum Gasteiger partial charge on any atom is 0.244 e. The van der Waals surface area contributed by atoms with E-state index in [-0.39, 0.29) is 16.0 Å². The van der Waals surface area contributed by atoms with Gasteiger partial charge in [-0.15, -0.1) is 0 Å². The Morgan fingerprint density at radius 2 is 2.11 bits per heavy atom. The molecule has 1 aromatic carbocycles. The van der Waals surface area contributed by atoms with Gasteiger partial charge in [0.05, 0.1) is 5.02 Å². The van der Waals surface area contributed by atoms with Crippen molar-refractivity contribution >= 4 is 39.1 Å². The van der Waals surface area contributed by atoms with Crippen molar-refractivity contribution in [2.75, 3.05) is 24.8 Å². The summed E-state index contributed by atoms with van der Waals surface area (Å²) in [5, 5.41) is 0.156. The molecule has 1 unspecified atom stereocenters. The summed E-state index contributed by atoms with van der Waals surface area (Å²) in [6.07, 6.45) is 2.79. The molecule has 0 aliphatic rings. The molecule has 1 atom stereocenters. The number of hydrogen-bond donors (Lipinski definition) is 1. The van der Waals surface area contributed by atoms with E-state index in [1.807, 2.05) is 13.2 Å². The maximum absolute atomic E-state index is 12.5. The van der Waals surface area contributed by atoms with E-state index < -0.39 is 10.0 Å². The molecule has 7 heteroatoms. The summed E-state index contributed by atoms with van der Waals surface area (Å²) in [6, 6.07) is 4.37. The SMILES string of the molecule is CSCCC(C)N(C)S(=O)(=O)c1ccc(N)cc1Cl. The lowest BCUT2D eigenvalue weighted by Gasteiger charge is -2.24. The van der Waals surface area contributed by atoms with Crippen LogP contribution >= 0.6 is 23.4 Å². The molecule has 1 rings (SSSR count). The summed E-state index contributed by atoms with van der Waals surface area (Å²) in [6.45, 7) is 1.89. The van der Waals surface area contributed by atoms with Crippen LogP contribution in [0.2, 0.25) is 5.02 Å². The molecule has 0 saturated carbocycles. The van der Waals surface area contributed by atoms with Gasteiger partial charge in [0.15, 0.2) is 0 Å². The number of nitrogens with zero attached hydrogens (tertiary/aromatic N) is 1. The molecule has 0 fully saturated rings. The van der Waals surface area contributed by atoms with Crippen LogP contribution in [0.5, 0.6) is 0 Å². The Bertz CT molecular complexity index is 535. The number of thioether (sulfide) groups is 1. The number of hydrogen-bond acceptors (Lipinski definition) is 4. The Morgan fingerprint density at radius 3 is 2.63 bits per heavy atom. The van der Waals surface area contributed by atoms with Crippen LogP contribution in [0, 0.1) is 0 Å². The Hall–Kier alpha value is -0.430. The van der Waals surface area contributed by atoms with Crippen molar-refractivity contribution in [3.63, 3.8) is 0 Å². The van der Waals surface area contributed by atoms with E-state index in [0.717, 1.165) is 12.2 Å². The van der Waals surface area contributed by atoms with Crippen LogP contribution in [0.1, 0.15) is 13.3 Å². The molecule has 2 N–H and O–H groups in total. The average Bonchev–Trinajstić information content (AvgIpc) is 2.34. The molecule has 0 radical (unpaired) electrons. The van der Waals surface area contributed by atoms with Gasteiger partial charge in [0.25, 0.3) is 0 Å². The van der Waals surface area contributed by atoms with Gasteiger partial charge in [-0.3, -0.25) is 0 Å². The zero-order chi connectivity index (χ0) is 14.6. The number of benzene rings is 1. The first-order chi connectivity index (χ1) is 8.80. The second kappa shape index (κ2) is 6.83. The summed E-state index contributed by atoms with van der Waals surface area (Å²) in [4.78, 5) is 0.0990. The van der Waals surface area contributed by atoms with Gasteiger partial charge in [-0.2, -0.15) is 16.1 Å². The molecule has 19 heavy (non-hydrogen) atoms. The van der Waals surface area contributed by atoms with Gasteiger partial charge < -0.3 is 5.73 Å². The molecule has 0 aromatic heterocycles. The fourth-order valence-electron chi connectivity index (χ4n) is 1.59. The molecule has 0 spiro atoms. The van der Waals surface area contributed by atoms with Gasteiger partial charge in [-0.05, 0) is 43.6 Å². The van der Waals surface area contributed by atoms with E-state index in [1.165, 1.54) is 16.4 Å². The van der Waals surface area contributed by atoms with Crippen LogP contribution < -0.4 is 5.73 Å². The molecule has 0 amide bonds. The van der Waals surface area contributed by atoms with Crippen molar-refractivity contribution < 1.29 is 8.42 Å². The minimum Gasteiger partial charge on any atom is -0.399 e. The Labute approximate surface area is 124 Å². The monoisotopic (exact) mass is 322 g/mol. The normalized spacial score (nSPS) is 13.7. The van der Waals surface area contributed by atoms with Crippen LogP contribution in [-0.4, -0.2) is 37.8 Å². The Morgan fingerprint density at radius 1 is 1.47 bits per heavy atom. The summed E-state index contributed by atoms with van der Waals surface area (Å²) < 4.78 is 26.3.